The number of benzene rings is 7. The van der Waals surface area contributed by atoms with E-state index in [1.807, 2.05) is 0 Å². The van der Waals surface area contributed by atoms with Gasteiger partial charge in [-0.3, -0.25) is 0 Å². The Bertz CT molecular complexity index is 3270. The highest BCUT2D eigenvalue weighted by molar-refractivity contribution is 6.09. The fraction of sp³-hybridized carbons (Fsp3) is 0.206. The highest BCUT2D eigenvalue weighted by Crippen LogP contribution is 2.68. The first-order valence-electron chi connectivity index (χ1n) is 23.7. The van der Waals surface area contributed by atoms with Gasteiger partial charge in [0, 0.05) is 44.4 Å². The van der Waals surface area contributed by atoms with Crippen molar-refractivity contribution in [3.63, 3.8) is 0 Å². The van der Waals surface area contributed by atoms with Crippen molar-refractivity contribution in [3.8, 4) is 22.3 Å². The molecule has 1 aromatic heterocycles. The Labute approximate surface area is 377 Å². The van der Waals surface area contributed by atoms with Gasteiger partial charge in [-0.1, -0.05) is 208 Å². The summed E-state index contributed by atoms with van der Waals surface area (Å²) in [7, 11) is 0. The molecule has 1 heteroatoms. The van der Waals surface area contributed by atoms with Gasteiger partial charge in [0.05, 0.1) is 0 Å². The second-order valence-corrected chi connectivity index (χ2v) is 19.4. The molecule has 7 aromatic carbocycles. The Balaban J connectivity index is 1.07. The Morgan fingerprint density at radius 3 is 2.05 bits per heavy atom. The van der Waals surface area contributed by atoms with E-state index in [-0.39, 0.29) is 28.1 Å². The van der Waals surface area contributed by atoms with Crippen LogP contribution in [0.3, 0.4) is 0 Å². The largest absolute Gasteiger partial charge is 0.455 e. The van der Waals surface area contributed by atoms with Crippen LogP contribution in [0.2, 0.25) is 0 Å². The Hall–Kier alpha value is -6.70. The first kappa shape index (κ1) is 37.8. The molecular weight excluding hydrogens is 773 g/mol. The molecule has 0 N–H and O–H groups in total. The number of furan rings is 1. The number of hydrogen-bond donors (Lipinski definition) is 0. The molecule has 310 valence electrons. The molecular formula is C63H52O. The Morgan fingerprint density at radius 1 is 0.594 bits per heavy atom. The zero-order valence-electron chi connectivity index (χ0n) is 36.9. The van der Waals surface area contributed by atoms with E-state index in [2.05, 4.69) is 215 Å². The second kappa shape index (κ2) is 13.9. The van der Waals surface area contributed by atoms with E-state index >= 15 is 0 Å². The number of rotatable bonds is 6. The standard InChI is InChI=1S/C63H52O/c1-4-62(5-2)52-29-14-12-24-46(52)50-37-51-48-27-18-31-54-59(48)58-41(19-16-30-53(58)63(54,43-20-8-6-9-21-43)44-22-10-7-11-23-44)39-61(3,55(51)38-56(50)62)42-35-33-40(34-36-42)45-26-17-28-49-47-25-13-15-32-57(47)64-60(45)49/h6-29,31-38,53-54,59H,4-5,30,39H2,1-3H3/t53?,54?,59-,61+/m0/s1. The molecule has 4 atom stereocenters. The SMILES string of the molecule is CCC1(CC)c2ccccc2-c2cc3c(cc21)[C@@](C)(c1ccc(-c2cccc4c2oc2ccccc24)cc1)CC1=C2C(CC=C1)C(c1ccccc1)(c1ccccc1)C1C=CC=C3[C@H]21. The average Bonchev–Trinajstić information content (AvgIpc) is 3.99. The summed E-state index contributed by atoms with van der Waals surface area (Å²) in [5.74, 6) is 0.830. The molecule has 64 heavy (non-hydrogen) atoms. The van der Waals surface area contributed by atoms with Gasteiger partial charge < -0.3 is 4.42 Å². The molecule has 5 aliphatic carbocycles. The molecule has 0 spiro atoms. The topological polar surface area (TPSA) is 13.1 Å². The van der Waals surface area contributed by atoms with Crippen molar-refractivity contribution >= 4 is 27.5 Å². The van der Waals surface area contributed by atoms with Crippen LogP contribution in [-0.2, 0) is 16.2 Å². The smallest absolute Gasteiger partial charge is 0.143 e. The summed E-state index contributed by atoms with van der Waals surface area (Å²) >= 11 is 0. The fourth-order valence-electron chi connectivity index (χ4n) is 14.1. The van der Waals surface area contributed by atoms with Crippen molar-refractivity contribution < 1.29 is 4.42 Å². The van der Waals surface area contributed by atoms with Crippen LogP contribution in [-0.4, -0.2) is 0 Å². The third-order valence-corrected chi connectivity index (χ3v) is 16.9. The quantitative estimate of drug-likeness (QED) is 0.163. The third-order valence-electron chi connectivity index (χ3n) is 16.9. The lowest BCUT2D eigenvalue weighted by atomic mass is 9.60. The number of hydrogen-bond acceptors (Lipinski definition) is 1. The first-order valence-corrected chi connectivity index (χ1v) is 23.7. The van der Waals surface area contributed by atoms with E-state index in [1.54, 1.807) is 5.57 Å². The van der Waals surface area contributed by atoms with Crippen molar-refractivity contribution in [2.45, 2.75) is 62.7 Å². The molecule has 2 unspecified atom stereocenters. The molecule has 0 aliphatic heterocycles. The van der Waals surface area contributed by atoms with E-state index in [4.69, 9.17) is 4.42 Å². The zero-order valence-corrected chi connectivity index (χ0v) is 36.9. The normalized spacial score (nSPS) is 23.0. The van der Waals surface area contributed by atoms with Crippen LogP contribution in [0.4, 0.5) is 0 Å². The zero-order chi connectivity index (χ0) is 42.8. The highest BCUT2D eigenvalue weighted by Gasteiger charge is 2.61. The molecule has 13 rings (SSSR count). The molecule has 5 aliphatic rings. The summed E-state index contributed by atoms with van der Waals surface area (Å²) in [6.07, 6.45) is 16.7. The van der Waals surface area contributed by atoms with Crippen LogP contribution in [0.5, 0.6) is 0 Å². The van der Waals surface area contributed by atoms with Crippen LogP contribution in [0.25, 0.3) is 49.8 Å². The monoisotopic (exact) mass is 824 g/mol. The van der Waals surface area contributed by atoms with Crippen molar-refractivity contribution in [2.24, 2.45) is 17.8 Å². The molecule has 1 saturated carbocycles. The third kappa shape index (κ3) is 4.91. The number of fused-ring (bicyclic) bond motifs is 8. The lowest BCUT2D eigenvalue weighted by Gasteiger charge is -2.42. The summed E-state index contributed by atoms with van der Waals surface area (Å²) in [6, 6.07) is 62.3. The van der Waals surface area contributed by atoms with E-state index in [0.717, 1.165) is 53.2 Å². The lowest BCUT2D eigenvalue weighted by molar-refractivity contribution is 0.336. The van der Waals surface area contributed by atoms with Gasteiger partial charge in [-0.2, -0.15) is 0 Å². The maximum atomic E-state index is 6.57. The van der Waals surface area contributed by atoms with Crippen molar-refractivity contribution in [2.75, 3.05) is 0 Å². The first-order chi connectivity index (χ1) is 31.5. The van der Waals surface area contributed by atoms with Crippen LogP contribution in [0.15, 0.2) is 210 Å². The van der Waals surface area contributed by atoms with Gasteiger partial charge in [0.1, 0.15) is 11.2 Å². The molecule has 1 fully saturated rings. The predicted molar refractivity (Wildman–Crippen MR) is 266 cm³/mol. The maximum absolute atomic E-state index is 6.57. The fourth-order valence-corrected chi connectivity index (χ4v) is 14.1. The summed E-state index contributed by atoms with van der Waals surface area (Å²) in [5.41, 5.74) is 21.2. The Morgan fingerprint density at radius 2 is 1.28 bits per heavy atom. The van der Waals surface area contributed by atoms with Gasteiger partial charge in [0.15, 0.2) is 0 Å². The van der Waals surface area contributed by atoms with E-state index in [0.29, 0.717) is 5.92 Å². The minimum Gasteiger partial charge on any atom is -0.455 e. The summed E-state index contributed by atoms with van der Waals surface area (Å²) in [4.78, 5) is 0. The lowest BCUT2D eigenvalue weighted by Crippen LogP contribution is -2.39. The van der Waals surface area contributed by atoms with Crippen LogP contribution < -0.4 is 0 Å². The summed E-state index contributed by atoms with van der Waals surface area (Å²) < 4.78 is 6.57. The molecule has 0 radical (unpaired) electrons. The van der Waals surface area contributed by atoms with Crippen LogP contribution in [0, 0.1) is 17.8 Å². The van der Waals surface area contributed by atoms with E-state index in [1.165, 1.54) is 66.8 Å². The van der Waals surface area contributed by atoms with Gasteiger partial charge in [-0.25, -0.2) is 0 Å². The molecule has 0 bridgehead atoms. The summed E-state index contributed by atoms with van der Waals surface area (Å²) in [5, 5.41) is 2.33. The van der Waals surface area contributed by atoms with E-state index in [9.17, 15) is 0 Å². The molecule has 0 amide bonds. The highest BCUT2D eigenvalue weighted by atomic mass is 16.3. The second-order valence-electron chi connectivity index (χ2n) is 19.4. The van der Waals surface area contributed by atoms with Gasteiger partial charge in [0.25, 0.3) is 0 Å². The van der Waals surface area contributed by atoms with Crippen molar-refractivity contribution in [3.05, 3.63) is 244 Å². The molecule has 8 aromatic rings. The van der Waals surface area contributed by atoms with E-state index < -0.39 is 0 Å². The number of para-hydroxylation sites is 2. The number of allylic oxidation sites excluding steroid dienone is 8. The molecule has 1 heterocycles. The minimum atomic E-state index is -0.335. The Kier molecular flexibility index (Phi) is 8.21. The van der Waals surface area contributed by atoms with Gasteiger partial charge in [0.2, 0.25) is 0 Å². The predicted octanol–water partition coefficient (Wildman–Crippen LogP) is 16.1. The maximum Gasteiger partial charge on any atom is 0.143 e. The van der Waals surface area contributed by atoms with Gasteiger partial charge in [-0.05, 0) is 111 Å². The van der Waals surface area contributed by atoms with Gasteiger partial charge >= 0.3 is 0 Å². The average molecular weight is 825 g/mol. The van der Waals surface area contributed by atoms with Gasteiger partial charge in [-0.15, -0.1) is 0 Å². The van der Waals surface area contributed by atoms with Crippen molar-refractivity contribution in [1.29, 1.82) is 0 Å². The van der Waals surface area contributed by atoms with Crippen molar-refractivity contribution in [1.82, 2.24) is 0 Å². The minimum absolute atomic E-state index is 0.0356. The summed E-state index contributed by atoms with van der Waals surface area (Å²) in [6.45, 7) is 7.37. The molecule has 0 saturated heterocycles. The van der Waals surface area contributed by atoms with Crippen LogP contribution >= 0.6 is 0 Å². The molecule has 1 nitrogen and oxygen atoms in total. The van der Waals surface area contributed by atoms with Crippen LogP contribution in [0.1, 0.15) is 85.4 Å².